The third-order valence-electron chi connectivity index (χ3n) is 5.38. The molecule has 0 unspecified atom stereocenters. The van der Waals surface area contributed by atoms with Crippen LogP contribution in [0, 0.1) is 13.8 Å². The molecule has 0 radical (unpaired) electrons. The molecule has 9 heteroatoms. The van der Waals surface area contributed by atoms with Crippen molar-refractivity contribution >= 4 is 11.9 Å². The van der Waals surface area contributed by atoms with Gasteiger partial charge >= 0.3 is 5.97 Å². The van der Waals surface area contributed by atoms with Crippen LogP contribution in [0.25, 0.3) is 5.69 Å². The van der Waals surface area contributed by atoms with E-state index in [9.17, 15) is 14.7 Å². The third-order valence-corrected chi connectivity index (χ3v) is 5.38. The van der Waals surface area contributed by atoms with Gasteiger partial charge in [-0.05, 0) is 38.8 Å². The molecule has 0 bridgehead atoms. The minimum absolute atomic E-state index is 0.0791. The number of piperidine rings is 1. The number of hydrogen-bond donors (Lipinski definition) is 1. The molecule has 0 spiro atoms. The number of carbonyl (C=O) groups excluding carboxylic acids is 1. The maximum atomic E-state index is 12.8. The molecule has 29 heavy (non-hydrogen) atoms. The van der Waals surface area contributed by atoms with Crippen LogP contribution in [-0.2, 0) is 0 Å². The number of amides is 1. The van der Waals surface area contributed by atoms with E-state index in [-0.39, 0.29) is 17.5 Å². The van der Waals surface area contributed by atoms with Gasteiger partial charge in [0.2, 0.25) is 0 Å². The van der Waals surface area contributed by atoms with Gasteiger partial charge in [0.05, 0.1) is 29.8 Å². The monoisotopic (exact) mass is 394 g/mol. The number of aromatic nitrogens is 5. The Morgan fingerprint density at radius 1 is 1.10 bits per heavy atom. The summed E-state index contributed by atoms with van der Waals surface area (Å²) in [6.45, 7) is 4.89. The Morgan fingerprint density at radius 3 is 2.41 bits per heavy atom. The number of hydrogen-bond acceptors (Lipinski definition) is 5. The van der Waals surface area contributed by atoms with E-state index >= 15 is 0 Å². The molecule has 1 aromatic carbocycles. The van der Waals surface area contributed by atoms with Crippen LogP contribution < -0.4 is 0 Å². The summed E-state index contributed by atoms with van der Waals surface area (Å²) in [6.07, 6.45) is 4.45. The van der Waals surface area contributed by atoms with E-state index in [0.29, 0.717) is 37.3 Å². The predicted octanol–water partition coefficient (Wildman–Crippen LogP) is 2.26. The van der Waals surface area contributed by atoms with Gasteiger partial charge in [-0.3, -0.25) is 9.48 Å². The number of benzene rings is 1. The molecule has 2 aromatic heterocycles. The van der Waals surface area contributed by atoms with E-state index < -0.39 is 5.97 Å². The molecular weight excluding hydrogens is 372 g/mol. The van der Waals surface area contributed by atoms with E-state index in [0.717, 1.165) is 11.3 Å². The zero-order chi connectivity index (χ0) is 20.5. The van der Waals surface area contributed by atoms with E-state index in [4.69, 9.17) is 0 Å². The average molecular weight is 394 g/mol. The predicted molar refractivity (Wildman–Crippen MR) is 104 cm³/mol. The summed E-state index contributed by atoms with van der Waals surface area (Å²) in [5.41, 5.74) is 3.17. The number of aryl methyl sites for hydroxylation is 1. The number of carboxylic acids is 1. The van der Waals surface area contributed by atoms with Crippen molar-refractivity contribution in [2.75, 3.05) is 13.1 Å². The standard InChI is InChI=1S/C20H22N6O3/c1-13-3-5-15(6-4-13)25-12-18(22-23-25)19(27)24-9-7-16(8-10-24)26-14(2)17(11-21-26)20(28)29/h3-6,11-12,16H,7-10H2,1-2H3,(H,28,29). The normalized spacial score (nSPS) is 14.9. The van der Waals surface area contributed by atoms with Crippen LogP contribution in [0.15, 0.2) is 36.7 Å². The number of nitrogens with zero attached hydrogens (tertiary/aromatic N) is 6. The largest absolute Gasteiger partial charge is 0.478 e. The van der Waals surface area contributed by atoms with Crippen molar-refractivity contribution in [3.05, 3.63) is 59.2 Å². The van der Waals surface area contributed by atoms with Crippen LogP contribution in [0.5, 0.6) is 0 Å². The van der Waals surface area contributed by atoms with Gasteiger partial charge in [-0.15, -0.1) is 5.10 Å². The highest BCUT2D eigenvalue weighted by Gasteiger charge is 2.28. The molecule has 150 valence electrons. The second-order valence-electron chi connectivity index (χ2n) is 7.30. The van der Waals surface area contributed by atoms with Crippen molar-refractivity contribution in [1.82, 2.24) is 29.7 Å². The first kappa shape index (κ1) is 18.9. The SMILES string of the molecule is Cc1ccc(-n2cc(C(=O)N3CCC(n4ncc(C(=O)O)c4C)CC3)nn2)cc1. The first-order chi connectivity index (χ1) is 13.9. The molecule has 1 saturated heterocycles. The van der Waals surface area contributed by atoms with Crippen molar-refractivity contribution in [2.45, 2.75) is 32.7 Å². The highest BCUT2D eigenvalue weighted by atomic mass is 16.4. The maximum absolute atomic E-state index is 12.8. The minimum Gasteiger partial charge on any atom is -0.478 e. The zero-order valence-corrected chi connectivity index (χ0v) is 16.3. The summed E-state index contributed by atoms with van der Waals surface area (Å²) < 4.78 is 3.36. The Morgan fingerprint density at radius 2 is 1.79 bits per heavy atom. The Balaban J connectivity index is 1.42. The molecule has 0 saturated carbocycles. The fourth-order valence-electron chi connectivity index (χ4n) is 3.66. The van der Waals surface area contributed by atoms with Crippen molar-refractivity contribution in [3.63, 3.8) is 0 Å². The van der Waals surface area contributed by atoms with Gasteiger partial charge in [0.15, 0.2) is 5.69 Å². The topological polar surface area (TPSA) is 106 Å². The van der Waals surface area contributed by atoms with Gasteiger partial charge in [-0.2, -0.15) is 5.10 Å². The lowest BCUT2D eigenvalue weighted by molar-refractivity contribution is 0.0682. The van der Waals surface area contributed by atoms with Crippen LogP contribution in [0.1, 0.15) is 51.0 Å². The van der Waals surface area contributed by atoms with Crippen LogP contribution in [0.4, 0.5) is 0 Å². The zero-order valence-electron chi connectivity index (χ0n) is 16.3. The molecule has 1 amide bonds. The van der Waals surface area contributed by atoms with Gasteiger partial charge in [-0.1, -0.05) is 22.9 Å². The summed E-state index contributed by atoms with van der Waals surface area (Å²) in [4.78, 5) is 25.8. The number of carboxylic acid groups (broad SMARTS) is 1. The number of likely N-dealkylation sites (tertiary alicyclic amines) is 1. The van der Waals surface area contributed by atoms with Crippen LogP contribution in [0.3, 0.4) is 0 Å². The molecule has 9 nitrogen and oxygen atoms in total. The molecule has 3 aromatic rings. The molecular formula is C20H22N6O3. The highest BCUT2D eigenvalue weighted by molar-refractivity contribution is 5.92. The molecule has 0 atom stereocenters. The van der Waals surface area contributed by atoms with Crippen LogP contribution >= 0.6 is 0 Å². The van der Waals surface area contributed by atoms with Crippen molar-refractivity contribution in [1.29, 1.82) is 0 Å². The van der Waals surface area contributed by atoms with E-state index in [1.54, 1.807) is 27.4 Å². The smallest absolute Gasteiger partial charge is 0.339 e. The molecule has 4 rings (SSSR count). The summed E-state index contributed by atoms with van der Waals surface area (Å²) >= 11 is 0. The summed E-state index contributed by atoms with van der Waals surface area (Å²) in [6, 6.07) is 7.91. The molecule has 1 aliphatic heterocycles. The lowest BCUT2D eigenvalue weighted by atomic mass is 10.0. The third kappa shape index (κ3) is 3.63. The number of aromatic carboxylic acids is 1. The lowest BCUT2D eigenvalue weighted by Crippen LogP contribution is -2.39. The van der Waals surface area contributed by atoms with Crippen LogP contribution in [0.2, 0.25) is 0 Å². The molecule has 1 aliphatic rings. The maximum Gasteiger partial charge on any atom is 0.339 e. The molecule has 0 aliphatic carbocycles. The van der Waals surface area contributed by atoms with Crippen molar-refractivity contribution < 1.29 is 14.7 Å². The van der Waals surface area contributed by atoms with Gasteiger partial charge in [0.25, 0.3) is 5.91 Å². The fraction of sp³-hybridized carbons (Fsp3) is 0.350. The lowest BCUT2D eigenvalue weighted by Gasteiger charge is -2.32. The van der Waals surface area contributed by atoms with E-state index in [1.165, 1.54) is 6.20 Å². The quantitative estimate of drug-likeness (QED) is 0.727. The summed E-state index contributed by atoms with van der Waals surface area (Å²) in [5, 5.41) is 21.6. The Hall–Kier alpha value is -3.49. The molecule has 1 N–H and O–H groups in total. The molecule has 1 fully saturated rings. The Bertz CT molecular complexity index is 1040. The van der Waals surface area contributed by atoms with Gasteiger partial charge in [0, 0.05) is 13.1 Å². The van der Waals surface area contributed by atoms with E-state index in [2.05, 4.69) is 15.4 Å². The van der Waals surface area contributed by atoms with Gasteiger partial charge in [0.1, 0.15) is 5.56 Å². The summed E-state index contributed by atoms with van der Waals surface area (Å²) in [5.74, 6) is -1.12. The molecule has 3 heterocycles. The Kier molecular flexibility index (Phi) is 4.87. The average Bonchev–Trinajstić information content (AvgIpc) is 3.35. The second kappa shape index (κ2) is 7.50. The second-order valence-corrected chi connectivity index (χ2v) is 7.30. The number of rotatable bonds is 4. The van der Waals surface area contributed by atoms with Gasteiger partial charge in [-0.25, -0.2) is 9.48 Å². The highest BCUT2D eigenvalue weighted by Crippen LogP contribution is 2.25. The Labute approximate surface area is 167 Å². The van der Waals surface area contributed by atoms with Gasteiger partial charge < -0.3 is 10.0 Å². The fourth-order valence-corrected chi connectivity index (χ4v) is 3.66. The first-order valence-electron chi connectivity index (χ1n) is 9.50. The van der Waals surface area contributed by atoms with Crippen molar-refractivity contribution in [2.24, 2.45) is 0 Å². The first-order valence-corrected chi connectivity index (χ1v) is 9.50. The minimum atomic E-state index is -0.974. The van der Waals surface area contributed by atoms with E-state index in [1.807, 2.05) is 31.2 Å². The van der Waals surface area contributed by atoms with Crippen molar-refractivity contribution in [3.8, 4) is 5.69 Å². The number of carbonyl (C=O) groups is 2. The summed E-state index contributed by atoms with van der Waals surface area (Å²) in [7, 11) is 0. The van der Waals surface area contributed by atoms with Crippen LogP contribution in [-0.4, -0.2) is 59.7 Å².